The summed E-state index contributed by atoms with van der Waals surface area (Å²) in [5.41, 5.74) is 0.288. The summed E-state index contributed by atoms with van der Waals surface area (Å²) in [6, 6.07) is 5.12. The second-order valence-electron chi connectivity index (χ2n) is 5.41. The highest BCUT2D eigenvalue weighted by atomic mass is 19.1. The molecule has 1 aromatic rings. The molecule has 1 N–H and O–H groups in total. The van der Waals surface area contributed by atoms with Gasteiger partial charge in [0.1, 0.15) is 0 Å². The van der Waals surface area contributed by atoms with Crippen LogP contribution in [0.2, 0.25) is 0 Å². The van der Waals surface area contributed by atoms with Gasteiger partial charge in [-0.25, -0.2) is 4.39 Å². The second-order valence-corrected chi connectivity index (χ2v) is 5.41. The Morgan fingerprint density at radius 1 is 1.20 bits per heavy atom. The number of hydrogen-bond acceptors (Lipinski definition) is 3. The van der Waals surface area contributed by atoms with Crippen LogP contribution in [0.5, 0.6) is 5.75 Å². The van der Waals surface area contributed by atoms with Crippen molar-refractivity contribution >= 4 is 0 Å². The zero-order chi connectivity index (χ0) is 14.6. The molecule has 1 atom stereocenters. The molecule has 0 radical (unpaired) electrons. The maximum Gasteiger partial charge on any atom is 0.169 e. The molecule has 20 heavy (non-hydrogen) atoms. The van der Waals surface area contributed by atoms with Crippen molar-refractivity contribution in [1.29, 1.82) is 0 Å². The maximum absolute atomic E-state index is 14.6. The number of rotatable bonds is 5. The van der Waals surface area contributed by atoms with Crippen molar-refractivity contribution < 1.29 is 13.9 Å². The number of nitrogens with one attached hydrogen (secondary N) is 1. The fourth-order valence-electron chi connectivity index (χ4n) is 3.37. The van der Waals surface area contributed by atoms with Crippen LogP contribution in [0.3, 0.4) is 0 Å². The molecule has 1 saturated carbocycles. The minimum absolute atomic E-state index is 0.164. The van der Waals surface area contributed by atoms with Gasteiger partial charge in [-0.2, -0.15) is 0 Å². The predicted octanol–water partition coefficient (Wildman–Crippen LogP) is 3.44. The molecule has 0 aliphatic heterocycles. The van der Waals surface area contributed by atoms with Crippen molar-refractivity contribution in [3.05, 3.63) is 29.6 Å². The normalized spacial score (nSPS) is 19.6. The van der Waals surface area contributed by atoms with Gasteiger partial charge in [0.15, 0.2) is 11.6 Å². The number of halogens is 1. The lowest BCUT2D eigenvalue weighted by atomic mass is 9.76. The molecule has 1 fully saturated rings. The van der Waals surface area contributed by atoms with E-state index in [1.54, 1.807) is 13.2 Å². The summed E-state index contributed by atoms with van der Waals surface area (Å²) < 4.78 is 25.5. The van der Waals surface area contributed by atoms with Crippen molar-refractivity contribution in [2.24, 2.45) is 0 Å². The average Bonchev–Trinajstić information content (AvgIpc) is 2.50. The second kappa shape index (κ2) is 6.55. The first kappa shape index (κ1) is 15.3. The highest BCUT2D eigenvalue weighted by molar-refractivity contribution is 5.34. The molecule has 0 aromatic heterocycles. The molecule has 112 valence electrons. The van der Waals surface area contributed by atoms with Gasteiger partial charge < -0.3 is 14.8 Å². The number of benzene rings is 1. The van der Waals surface area contributed by atoms with E-state index in [4.69, 9.17) is 9.47 Å². The van der Waals surface area contributed by atoms with Crippen LogP contribution in [0.25, 0.3) is 0 Å². The SMILES string of the molecule is CNC(c1cccc(OC)c1F)C1(OC)CCCCC1. The largest absolute Gasteiger partial charge is 0.494 e. The molecule has 1 aliphatic carbocycles. The number of likely N-dealkylation sites (N-methyl/N-ethyl adjacent to an activating group) is 1. The lowest BCUT2D eigenvalue weighted by Gasteiger charge is -2.42. The van der Waals surface area contributed by atoms with E-state index in [2.05, 4.69) is 5.32 Å². The molecular formula is C16H24FNO2. The summed E-state index contributed by atoms with van der Waals surface area (Å²) in [5, 5.41) is 3.25. The van der Waals surface area contributed by atoms with Crippen molar-refractivity contribution in [3.8, 4) is 5.75 Å². The number of ether oxygens (including phenoxy) is 2. The Bertz CT molecular complexity index is 444. The van der Waals surface area contributed by atoms with Crippen molar-refractivity contribution in [2.45, 2.75) is 43.7 Å². The first-order valence-corrected chi connectivity index (χ1v) is 7.23. The number of methoxy groups -OCH3 is 2. The van der Waals surface area contributed by atoms with E-state index in [0.29, 0.717) is 5.56 Å². The van der Waals surface area contributed by atoms with E-state index in [1.807, 2.05) is 19.2 Å². The molecular weight excluding hydrogens is 257 g/mol. The standard InChI is InChI=1S/C16H24FNO2/c1-18-15(16(20-3)10-5-4-6-11-16)12-8-7-9-13(19-2)14(12)17/h7-9,15,18H,4-6,10-11H2,1-3H3. The van der Waals surface area contributed by atoms with Crippen molar-refractivity contribution in [3.63, 3.8) is 0 Å². The third kappa shape index (κ3) is 2.67. The summed E-state index contributed by atoms with van der Waals surface area (Å²) in [6.45, 7) is 0. The molecule has 0 saturated heterocycles. The van der Waals surface area contributed by atoms with Gasteiger partial charge in [0.25, 0.3) is 0 Å². The minimum atomic E-state index is -0.333. The molecule has 0 bridgehead atoms. The maximum atomic E-state index is 14.6. The van der Waals surface area contributed by atoms with Crippen molar-refractivity contribution in [1.82, 2.24) is 5.32 Å². The Balaban J connectivity index is 2.40. The monoisotopic (exact) mass is 281 g/mol. The lowest BCUT2D eigenvalue weighted by Crippen LogP contribution is -2.46. The van der Waals surface area contributed by atoms with Gasteiger partial charge in [0, 0.05) is 12.7 Å². The van der Waals surface area contributed by atoms with E-state index >= 15 is 0 Å². The number of hydrogen-bond donors (Lipinski definition) is 1. The van der Waals surface area contributed by atoms with Gasteiger partial charge in [0.2, 0.25) is 0 Å². The van der Waals surface area contributed by atoms with E-state index in [-0.39, 0.29) is 23.2 Å². The third-order valence-corrected chi connectivity index (χ3v) is 4.45. The Labute approximate surface area is 120 Å². The van der Waals surface area contributed by atoms with Gasteiger partial charge in [-0.15, -0.1) is 0 Å². The van der Waals surface area contributed by atoms with E-state index in [0.717, 1.165) is 25.7 Å². The molecule has 3 nitrogen and oxygen atoms in total. The molecule has 1 unspecified atom stereocenters. The van der Waals surface area contributed by atoms with Crippen LogP contribution in [0.1, 0.15) is 43.7 Å². The van der Waals surface area contributed by atoms with Crippen LogP contribution in [0.15, 0.2) is 18.2 Å². The van der Waals surface area contributed by atoms with Crippen LogP contribution < -0.4 is 10.1 Å². The molecule has 0 heterocycles. The highest BCUT2D eigenvalue weighted by Crippen LogP contribution is 2.42. The van der Waals surface area contributed by atoms with Crippen LogP contribution in [0.4, 0.5) is 4.39 Å². The summed E-state index contributed by atoms with van der Waals surface area (Å²) in [5.74, 6) is -0.0128. The van der Waals surface area contributed by atoms with Gasteiger partial charge in [-0.3, -0.25) is 0 Å². The Hall–Kier alpha value is -1.13. The summed E-state index contributed by atoms with van der Waals surface area (Å²) >= 11 is 0. The van der Waals surface area contributed by atoms with Crippen molar-refractivity contribution in [2.75, 3.05) is 21.3 Å². The molecule has 1 aliphatic rings. The first-order chi connectivity index (χ1) is 9.68. The predicted molar refractivity (Wildman–Crippen MR) is 77.6 cm³/mol. The van der Waals surface area contributed by atoms with Gasteiger partial charge >= 0.3 is 0 Å². The van der Waals surface area contributed by atoms with Gasteiger partial charge in [0.05, 0.1) is 18.8 Å². The zero-order valence-corrected chi connectivity index (χ0v) is 12.5. The third-order valence-electron chi connectivity index (χ3n) is 4.45. The first-order valence-electron chi connectivity index (χ1n) is 7.23. The molecule has 4 heteroatoms. The smallest absolute Gasteiger partial charge is 0.169 e. The molecule has 2 rings (SSSR count). The minimum Gasteiger partial charge on any atom is -0.494 e. The summed E-state index contributed by atoms with van der Waals surface area (Å²) in [7, 11) is 5.08. The molecule has 0 amide bonds. The van der Waals surface area contributed by atoms with Crippen LogP contribution in [-0.4, -0.2) is 26.9 Å². The molecule has 1 aromatic carbocycles. The van der Waals surface area contributed by atoms with Gasteiger partial charge in [-0.1, -0.05) is 31.4 Å². The fourth-order valence-corrected chi connectivity index (χ4v) is 3.37. The van der Waals surface area contributed by atoms with Crippen LogP contribution in [0, 0.1) is 5.82 Å². The lowest BCUT2D eigenvalue weighted by molar-refractivity contribution is -0.0679. The van der Waals surface area contributed by atoms with E-state index in [9.17, 15) is 4.39 Å². The summed E-state index contributed by atoms with van der Waals surface area (Å²) in [4.78, 5) is 0. The fraction of sp³-hybridized carbons (Fsp3) is 0.625. The Morgan fingerprint density at radius 2 is 1.90 bits per heavy atom. The highest BCUT2D eigenvalue weighted by Gasteiger charge is 2.41. The Morgan fingerprint density at radius 3 is 2.45 bits per heavy atom. The van der Waals surface area contributed by atoms with Gasteiger partial charge in [-0.05, 0) is 26.0 Å². The van der Waals surface area contributed by atoms with E-state index < -0.39 is 0 Å². The Kier molecular flexibility index (Phi) is 5.00. The summed E-state index contributed by atoms with van der Waals surface area (Å²) in [6.07, 6.45) is 5.37. The molecule has 0 spiro atoms. The average molecular weight is 281 g/mol. The topological polar surface area (TPSA) is 30.5 Å². The van der Waals surface area contributed by atoms with Crippen LogP contribution in [-0.2, 0) is 4.74 Å². The van der Waals surface area contributed by atoms with E-state index in [1.165, 1.54) is 13.5 Å². The quantitative estimate of drug-likeness (QED) is 0.896. The zero-order valence-electron chi connectivity index (χ0n) is 12.5. The van der Waals surface area contributed by atoms with Crippen LogP contribution >= 0.6 is 0 Å².